The molecule has 4 rings (SSSR count). The average Bonchev–Trinajstić information content (AvgIpc) is 3.15. The van der Waals surface area contributed by atoms with Gasteiger partial charge in [-0.1, -0.05) is 60.7 Å². The Morgan fingerprint density at radius 2 is 1.68 bits per heavy atom. The first-order chi connectivity index (χ1) is 15.1. The van der Waals surface area contributed by atoms with E-state index in [1.807, 2.05) is 71.4 Å². The van der Waals surface area contributed by atoms with Crippen LogP contribution in [0.1, 0.15) is 16.7 Å². The molecule has 0 fully saturated rings. The molecule has 0 bridgehead atoms. The van der Waals surface area contributed by atoms with Gasteiger partial charge in [0.05, 0.1) is 0 Å². The smallest absolute Gasteiger partial charge is 0.262 e. The molecule has 0 unspecified atom stereocenters. The molecule has 1 aromatic heterocycles. The number of fused-ring (bicyclic) bond motifs is 1. The van der Waals surface area contributed by atoms with Gasteiger partial charge in [-0.05, 0) is 35.4 Å². The molecule has 5 heteroatoms. The van der Waals surface area contributed by atoms with E-state index in [4.69, 9.17) is 0 Å². The Bertz CT molecular complexity index is 1280. The van der Waals surface area contributed by atoms with Crippen LogP contribution in [0.5, 0.6) is 0 Å². The number of para-hydroxylation sites is 1. The second-order valence-electron chi connectivity index (χ2n) is 7.19. The van der Waals surface area contributed by atoms with Crippen LogP contribution in [0.15, 0.2) is 90.6 Å². The highest BCUT2D eigenvalue weighted by atomic mass is 19.1. The number of nitriles is 1. The van der Waals surface area contributed by atoms with Crippen LogP contribution in [0.4, 0.5) is 4.39 Å². The Kier molecular flexibility index (Phi) is 5.91. The van der Waals surface area contributed by atoms with Crippen molar-refractivity contribution in [2.75, 3.05) is 0 Å². The van der Waals surface area contributed by atoms with E-state index in [0.29, 0.717) is 13.1 Å². The van der Waals surface area contributed by atoms with Crippen molar-refractivity contribution < 1.29 is 9.18 Å². The fourth-order valence-electron chi connectivity index (χ4n) is 3.49. The second-order valence-corrected chi connectivity index (χ2v) is 7.19. The van der Waals surface area contributed by atoms with E-state index in [9.17, 15) is 14.4 Å². The number of nitrogens with one attached hydrogen (secondary N) is 1. The fourth-order valence-corrected chi connectivity index (χ4v) is 3.49. The van der Waals surface area contributed by atoms with Gasteiger partial charge in [-0.3, -0.25) is 4.79 Å². The molecule has 0 saturated carbocycles. The van der Waals surface area contributed by atoms with Gasteiger partial charge < -0.3 is 9.88 Å². The summed E-state index contributed by atoms with van der Waals surface area (Å²) in [6.07, 6.45) is 3.53. The maximum Gasteiger partial charge on any atom is 0.262 e. The van der Waals surface area contributed by atoms with Crippen LogP contribution in [0, 0.1) is 17.1 Å². The number of carbonyl (C=O) groups excluding carboxylic acids is 1. The van der Waals surface area contributed by atoms with Crippen molar-refractivity contribution in [3.05, 3.63) is 113 Å². The molecule has 0 aliphatic carbocycles. The SMILES string of the molecule is N#CC(=Cc1cn(Cc2ccc(F)cc2)c2ccccc12)C(=O)NCc1ccccc1. The van der Waals surface area contributed by atoms with Gasteiger partial charge in [-0.2, -0.15) is 5.26 Å². The molecule has 0 spiro atoms. The quantitative estimate of drug-likeness (QED) is 0.358. The number of hydrogen-bond acceptors (Lipinski definition) is 2. The fraction of sp³-hybridized carbons (Fsp3) is 0.0769. The zero-order chi connectivity index (χ0) is 21.6. The summed E-state index contributed by atoms with van der Waals surface area (Å²) in [6.45, 7) is 0.905. The number of amides is 1. The summed E-state index contributed by atoms with van der Waals surface area (Å²) in [5, 5.41) is 13.3. The van der Waals surface area contributed by atoms with Crippen LogP contribution in [-0.4, -0.2) is 10.5 Å². The van der Waals surface area contributed by atoms with Gasteiger partial charge >= 0.3 is 0 Å². The van der Waals surface area contributed by atoms with Gasteiger partial charge in [-0.15, -0.1) is 0 Å². The molecular formula is C26H20FN3O. The molecule has 0 saturated heterocycles. The monoisotopic (exact) mass is 409 g/mol. The minimum absolute atomic E-state index is 0.0422. The lowest BCUT2D eigenvalue weighted by Gasteiger charge is -2.05. The number of hydrogen-bond donors (Lipinski definition) is 1. The van der Waals surface area contributed by atoms with E-state index < -0.39 is 5.91 Å². The van der Waals surface area contributed by atoms with Gasteiger partial charge in [0.25, 0.3) is 5.91 Å². The number of carbonyl (C=O) groups is 1. The van der Waals surface area contributed by atoms with Crippen LogP contribution in [0.25, 0.3) is 17.0 Å². The van der Waals surface area contributed by atoms with Crippen LogP contribution in [0.3, 0.4) is 0 Å². The molecule has 31 heavy (non-hydrogen) atoms. The van der Waals surface area contributed by atoms with Crippen LogP contribution in [-0.2, 0) is 17.9 Å². The van der Waals surface area contributed by atoms with Gasteiger partial charge in [0, 0.05) is 35.8 Å². The summed E-state index contributed by atoms with van der Waals surface area (Å²) < 4.78 is 15.3. The third-order valence-electron chi connectivity index (χ3n) is 5.05. The van der Waals surface area contributed by atoms with Crippen LogP contribution < -0.4 is 5.32 Å². The number of halogens is 1. The highest BCUT2D eigenvalue weighted by molar-refractivity contribution is 6.04. The van der Waals surface area contributed by atoms with Crippen molar-refractivity contribution >= 4 is 22.9 Å². The van der Waals surface area contributed by atoms with E-state index in [1.165, 1.54) is 12.1 Å². The molecule has 0 atom stereocenters. The van der Waals surface area contributed by atoms with Crippen LogP contribution >= 0.6 is 0 Å². The van der Waals surface area contributed by atoms with Crippen molar-refractivity contribution in [3.8, 4) is 6.07 Å². The highest BCUT2D eigenvalue weighted by Crippen LogP contribution is 2.24. The summed E-state index contributed by atoms with van der Waals surface area (Å²) in [5.41, 5.74) is 3.72. The number of aromatic nitrogens is 1. The molecular weight excluding hydrogens is 389 g/mol. The molecule has 0 radical (unpaired) electrons. The summed E-state index contributed by atoms with van der Waals surface area (Å²) in [5.74, 6) is -0.688. The number of nitrogens with zero attached hydrogens (tertiary/aromatic N) is 2. The first-order valence-corrected chi connectivity index (χ1v) is 9.90. The normalized spacial score (nSPS) is 11.3. The number of benzene rings is 3. The summed E-state index contributed by atoms with van der Waals surface area (Å²) in [6, 6.07) is 25.7. The highest BCUT2D eigenvalue weighted by Gasteiger charge is 2.12. The van der Waals surface area contributed by atoms with Crippen molar-refractivity contribution in [2.24, 2.45) is 0 Å². The van der Waals surface area contributed by atoms with Crippen molar-refractivity contribution in [2.45, 2.75) is 13.1 Å². The average molecular weight is 409 g/mol. The van der Waals surface area contributed by atoms with E-state index in [0.717, 1.165) is 27.6 Å². The number of rotatable bonds is 6. The van der Waals surface area contributed by atoms with Gasteiger partial charge in [0.1, 0.15) is 17.5 Å². The Morgan fingerprint density at radius 3 is 2.42 bits per heavy atom. The lowest BCUT2D eigenvalue weighted by molar-refractivity contribution is -0.117. The first-order valence-electron chi connectivity index (χ1n) is 9.90. The van der Waals surface area contributed by atoms with Crippen LogP contribution in [0.2, 0.25) is 0 Å². The summed E-state index contributed by atoms with van der Waals surface area (Å²) >= 11 is 0. The van der Waals surface area contributed by atoms with E-state index >= 15 is 0 Å². The van der Waals surface area contributed by atoms with Crippen molar-refractivity contribution in [1.29, 1.82) is 5.26 Å². The Hall–Kier alpha value is -4.17. The first kappa shape index (κ1) is 20.1. The standard InChI is InChI=1S/C26H20FN3O/c27-23-12-10-20(11-13-23)17-30-18-22(24-8-4-5-9-25(24)30)14-21(15-28)26(31)29-16-19-6-2-1-3-7-19/h1-14,18H,16-17H2,(H,29,31). The van der Waals surface area contributed by atoms with E-state index in [2.05, 4.69) is 5.32 Å². The Labute approximate surface area is 179 Å². The van der Waals surface area contributed by atoms with Gasteiger partial charge in [0.15, 0.2) is 0 Å². The predicted molar refractivity (Wildman–Crippen MR) is 119 cm³/mol. The van der Waals surface area contributed by atoms with Gasteiger partial charge in [0.2, 0.25) is 0 Å². The lowest BCUT2D eigenvalue weighted by atomic mass is 10.1. The topological polar surface area (TPSA) is 57.8 Å². The minimum Gasteiger partial charge on any atom is -0.347 e. The Morgan fingerprint density at radius 1 is 0.968 bits per heavy atom. The molecule has 4 nitrogen and oxygen atoms in total. The third-order valence-corrected chi connectivity index (χ3v) is 5.05. The van der Waals surface area contributed by atoms with Crippen molar-refractivity contribution in [1.82, 2.24) is 9.88 Å². The van der Waals surface area contributed by atoms with E-state index in [-0.39, 0.29) is 11.4 Å². The Balaban J connectivity index is 1.61. The molecule has 0 aliphatic heterocycles. The molecule has 0 aliphatic rings. The zero-order valence-corrected chi connectivity index (χ0v) is 16.8. The predicted octanol–water partition coefficient (Wildman–Crippen LogP) is 5.05. The molecule has 1 N–H and O–H groups in total. The summed E-state index contributed by atoms with van der Waals surface area (Å²) in [4.78, 5) is 12.6. The molecule has 1 amide bonds. The largest absolute Gasteiger partial charge is 0.347 e. The maximum atomic E-state index is 13.2. The molecule has 4 aromatic rings. The third kappa shape index (κ3) is 4.71. The zero-order valence-electron chi connectivity index (χ0n) is 16.8. The minimum atomic E-state index is -0.415. The molecule has 1 heterocycles. The summed E-state index contributed by atoms with van der Waals surface area (Å²) in [7, 11) is 0. The van der Waals surface area contributed by atoms with Crippen molar-refractivity contribution in [3.63, 3.8) is 0 Å². The second kappa shape index (κ2) is 9.10. The van der Waals surface area contributed by atoms with Gasteiger partial charge in [-0.25, -0.2) is 4.39 Å². The molecule has 152 valence electrons. The molecule has 3 aromatic carbocycles. The van der Waals surface area contributed by atoms with E-state index in [1.54, 1.807) is 18.2 Å². The lowest BCUT2D eigenvalue weighted by Crippen LogP contribution is -2.23. The maximum absolute atomic E-state index is 13.2.